The van der Waals surface area contributed by atoms with Gasteiger partial charge in [-0.15, -0.1) is 0 Å². The molecule has 5 nitrogen and oxygen atoms in total. The van der Waals surface area contributed by atoms with E-state index in [1.165, 1.54) is 5.56 Å². The van der Waals surface area contributed by atoms with E-state index in [2.05, 4.69) is 11.4 Å². The maximum Gasteiger partial charge on any atom is 0.322 e. The zero-order valence-corrected chi connectivity index (χ0v) is 13.3. The van der Waals surface area contributed by atoms with Crippen molar-refractivity contribution in [1.29, 1.82) is 0 Å². The highest BCUT2D eigenvalue weighted by Crippen LogP contribution is 2.34. The van der Waals surface area contributed by atoms with Gasteiger partial charge in [0.15, 0.2) is 11.5 Å². The summed E-state index contributed by atoms with van der Waals surface area (Å²) in [5.74, 6) is 1.36. The van der Waals surface area contributed by atoms with Gasteiger partial charge in [-0.2, -0.15) is 0 Å². The van der Waals surface area contributed by atoms with Crippen molar-refractivity contribution in [3.05, 3.63) is 53.6 Å². The maximum atomic E-state index is 12.5. The molecule has 0 unspecified atom stereocenters. The van der Waals surface area contributed by atoms with Crippen LogP contribution in [0.2, 0.25) is 0 Å². The highest BCUT2D eigenvalue weighted by atomic mass is 16.7. The van der Waals surface area contributed by atoms with Crippen LogP contribution < -0.4 is 14.8 Å². The number of nitrogens with one attached hydrogen (secondary N) is 1. The molecule has 1 aliphatic rings. The Balaban J connectivity index is 1.68. The number of urea groups is 1. The molecule has 0 saturated heterocycles. The van der Waals surface area contributed by atoms with Crippen LogP contribution in [0.5, 0.6) is 11.5 Å². The highest BCUT2D eigenvalue weighted by Gasteiger charge is 2.16. The second-order valence-electron chi connectivity index (χ2n) is 5.50. The van der Waals surface area contributed by atoms with E-state index in [0.717, 1.165) is 5.56 Å². The molecule has 0 aromatic heterocycles. The third-order valence-corrected chi connectivity index (χ3v) is 3.75. The van der Waals surface area contributed by atoms with E-state index in [0.29, 0.717) is 30.3 Å². The molecule has 0 saturated carbocycles. The van der Waals surface area contributed by atoms with Crippen LogP contribution >= 0.6 is 0 Å². The standard InChI is InChI=1S/C18H20N2O3/c1-3-20(11-14-6-4-5-13(2)9-14)18(21)19-15-7-8-16-17(10-15)23-12-22-16/h4-10H,3,11-12H2,1-2H3,(H,19,21). The first-order valence-electron chi connectivity index (χ1n) is 7.67. The molecule has 1 heterocycles. The lowest BCUT2D eigenvalue weighted by Crippen LogP contribution is -2.34. The van der Waals surface area contributed by atoms with Crippen molar-refractivity contribution in [2.45, 2.75) is 20.4 Å². The predicted molar refractivity (Wildman–Crippen MR) is 88.8 cm³/mol. The summed E-state index contributed by atoms with van der Waals surface area (Å²) in [7, 11) is 0. The zero-order valence-electron chi connectivity index (χ0n) is 13.3. The van der Waals surface area contributed by atoms with Gasteiger partial charge in [-0.05, 0) is 31.5 Å². The summed E-state index contributed by atoms with van der Waals surface area (Å²) in [5, 5.41) is 2.91. The van der Waals surface area contributed by atoms with Gasteiger partial charge in [-0.25, -0.2) is 4.79 Å². The Labute approximate surface area is 135 Å². The first-order chi connectivity index (χ1) is 11.2. The summed E-state index contributed by atoms with van der Waals surface area (Å²) in [6, 6.07) is 13.4. The summed E-state index contributed by atoms with van der Waals surface area (Å²) < 4.78 is 10.6. The van der Waals surface area contributed by atoms with Crippen LogP contribution in [-0.4, -0.2) is 24.3 Å². The minimum atomic E-state index is -0.132. The molecule has 2 aromatic carbocycles. The van der Waals surface area contributed by atoms with E-state index in [9.17, 15) is 4.79 Å². The number of hydrogen-bond acceptors (Lipinski definition) is 3. The van der Waals surface area contributed by atoms with E-state index >= 15 is 0 Å². The van der Waals surface area contributed by atoms with Gasteiger partial charge in [0.2, 0.25) is 6.79 Å². The van der Waals surface area contributed by atoms with E-state index < -0.39 is 0 Å². The molecule has 3 rings (SSSR count). The Morgan fingerprint density at radius 1 is 1.17 bits per heavy atom. The van der Waals surface area contributed by atoms with Crippen molar-refractivity contribution in [3.8, 4) is 11.5 Å². The molecule has 2 amide bonds. The van der Waals surface area contributed by atoms with Gasteiger partial charge < -0.3 is 19.7 Å². The van der Waals surface area contributed by atoms with Gasteiger partial charge >= 0.3 is 6.03 Å². The van der Waals surface area contributed by atoms with Gasteiger partial charge in [-0.3, -0.25) is 0 Å². The summed E-state index contributed by atoms with van der Waals surface area (Å²) in [5.41, 5.74) is 3.00. The normalized spacial score (nSPS) is 12.1. The van der Waals surface area contributed by atoms with Gasteiger partial charge in [0, 0.05) is 24.8 Å². The molecule has 0 radical (unpaired) electrons. The van der Waals surface area contributed by atoms with E-state index in [4.69, 9.17) is 9.47 Å². The van der Waals surface area contributed by atoms with Crippen LogP contribution in [0.1, 0.15) is 18.1 Å². The van der Waals surface area contributed by atoms with Gasteiger partial charge in [0.25, 0.3) is 0 Å². The first kappa shape index (κ1) is 15.2. The van der Waals surface area contributed by atoms with Crippen molar-refractivity contribution >= 4 is 11.7 Å². The number of aryl methyl sites for hydroxylation is 1. The molecule has 0 fully saturated rings. The van der Waals surface area contributed by atoms with Gasteiger partial charge in [-0.1, -0.05) is 29.8 Å². The largest absolute Gasteiger partial charge is 0.454 e. The first-order valence-corrected chi connectivity index (χ1v) is 7.67. The van der Waals surface area contributed by atoms with Crippen LogP contribution in [0.15, 0.2) is 42.5 Å². The minimum absolute atomic E-state index is 0.132. The number of hydrogen-bond donors (Lipinski definition) is 1. The number of carbonyl (C=O) groups is 1. The third kappa shape index (κ3) is 3.56. The molecule has 120 valence electrons. The fourth-order valence-corrected chi connectivity index (χ4v) is 2.53. The summed E-state index contributed by atoms with van der Waals surface area (Å²) in [4.78, 5) is 14.2. The Bertz CT molecular complexity index is 715. The molecule has 1 N–H and O–H groups in total. The molecule has 0 spiro atoms. The maximum absolute atomic E-state index is 12.5. The zero-order chi connectivity index (χ0) is 16.2. The lowest BCUT2D eigenvalue weighted by molar-refractivity contribution is 0.174. The Morgan fingerprint density at radius 2 is 2.00 bits per heavy atom. The molecule has 0 atom stereocenters. The number of ether oxygens (including phenoxy) is 2. The van der Waals surface area contributed by atoms with Gasteiger partial charge in [0.05, 0.1) is 0 Å². The van der Waals surface area contributed by atoms with Crippen molar-refractivity contribution in [3.63, 3.8) is 0 Å². The quantitative estimate of drug-likeness (QED) is 0.935. The fourth-order valence-electron chi connectivity index (χ4n) is 2.53. The lowest BCUT2D eigenvalue weighted by Gasteiger charge is -2.21. The SMILES string of the molecule is CCN(Cc1cccc(C)c1)C(=O)Nc1ccc2c(c1)OCO2. The highest BCUT2D eigenvalue weighted by molar-refractivity contribution is 5.89. The molecule has 1 aliphatic heterocycles. The van der Waals surface area contributed by atoms with E-state index in [-0.39, 0.29) is 12.8 Å². The predicted octanol–water partition coefficient (Wildman–Crippen LogP) is 3.78. The fraction of sp³-hybridized carbons (Fsp3) is 0.278. The molecule has 5 heteroatoms. The summed E-state index contributed by atoms with van der Waals surface area (Å²) in [6.07, 6.45) is 0. The number of amides is 2. The third-order valence-electron chi connectivity index (χ3n) is 3.75. The minimum Gasteiger partial charge on any atom is -0.454 e. The topological polar surface area (TPSA) is 50.8 Å². The monoisotopic (exact) mass is 312 g/mol. The lowest BCUT2D eigenvalue weighted by atomic mass is 10.1. The van der Waals surface area contributed by atoms with Crippen LogP contribution in [0, 0.1) is 6.92 Å². The number of carbonyl (C=O) groups excluding carboxylic acids is 1. The van der Waals surface area contributed by atoms with Crippen LogP contribution in [0.4, 0.5) is 10.5 Å². The molecule has 0 aliphatic carbocycles. The smallest absolute Gasteiger partial charge is 0.322 e. The number of benzene rings is 2. The number of anilines is 1. The summed E-state index contributed by atoms with van der Waals surface area (Å²) >= 11 is 0. The Hall–Kier alpha value is -2.69. The van der Waals surface area contributed by atoms with E-state index in [1.54, 1.807) is 17.0 Å². The number of rotatable bonds is 4. The van der Waals surface area contributed by atoms with Crippen LogP contribution in [-0.2, 0) is 6.54 Å². The molecule has 0 bridgehead atoms. The summed E-state index contributed by atoms with van der Waals surface area (Å²) in [6.45, 7) is 5.45. The van der Waals surface area contributed by atoms with Crippen LogP contribution in [0.3, 0.4) is 0 Å². The molecular weight excluding hydrogens is 292 g/mol. The van der Waals surface area contributed by atoms with Crippen molar-refractivity contribution in [2.75, 3.05) is 18.7 Å². The molecule has 23 heavy (non-hydrogen) atoms. The van der Waals surface area contributed by atoms with Crippen molar-refractivity contribution in [1.82, 2.24) is 4.90 Å². The second kappa shape index (κ2) is 6.60. The van der Waals surface area contributed by atoms with E-state index in [1.807, 2.05) is 38.1 Å². The van der Waals surface area contributed by atoms with Crippen molar-refractivity contribution < 1.29 is 14.3 Å². The number of fused-ring (bicyclic) bond motifs is 1. The molecular formula is C18H20N2O3. The van der Waals surface area contributed by atoms with Gasteiger partial charge in [0.1, 0.15) is 0 Å². The average molecular weight is 312 g/mol. The Morgan fingerprint density at radius 3 is 2.78 bits per heavy atom. The Kier molecular flexibility index (Phi) is 4.37. The van der Waals surface area contributed by atoms with Crippen LogP contribution in [0.25, 0.3) is 0 Å². The second-order valence-corrected chi connectivity index (χ2v) is 5.50. The van der Waals surface area contributed by atoms with Crippen molar-refractivity contribution in [2.24, 2.45) is 0 Å². The average Bonchev–Trinajstić information content (AvgIpc) is 3.00. The molecule has 2 aromatic rings. The number of nitrogens with zero attached hydrogens (tertiary/aromatic N) is 1.